The molecule has 0 fully saturated rings. The Balaban J connectivity index is 1.53. The molecule has 0 saturated heterocycles. The molecular weight excluding hydrogens is 394 g/mol. The fraction of sp³-hybridized carbons (Fsp3) is 0.125. The summed E-state index contributed by atoms with van der Waals surface area (Å²) in [5.74, 6) is 1.50. The molecule has 0 atom stereocenters. The summed E-state index contributed by atoms with van der Waals surface area (Å²) in [5, 5.41) is 4.66. The maximum Gasteiger partial charge on any atom is 0.234 e. The highest BCUT2D eigenvalue weighted by Gasteiger charge is 2.12. The Hall–Kier alpha value is -3.38. The summed E-state index contributed by atoms with van der Waals surface area (Å²) in [5.41, 5.74) is 2.69. The topological polar surface area (TPSA) is 64.1 Å². The molecule has 0 spiro atoms. The van der Waals surface area contributed by atoms with Gasteiger partial charge in [-0.25, -0.2) is 9.97 Å². The minimum absolute atomic E-state index is 0.114. The van der Waals surface area contributed by atoms with E-state index in [1.807, 2.05) is 66.7 Å². The second-order valence-corrected chi connectivity index (χ2v) is 7.63. The monoisotopic (exact) mass is 415 g/mol. The van der Waals surface area contributed by atoms with Gasteiger partial charge in [-0.05, 0) is 23.8 Å². The van der Waals surface area contributed by atoms with Crippen molar-refractivity contribution in [1.82, 2.24) is 9.97 Å². The van der Waals surface area contributed by atoms with Crippen LogP contribution in [0.25, 0.3) is 10.9 Å². The maximum atomic E-state index is 12.5. The Bertz CT molecular complexity index is 1170. The molecule has 1 heterocycles. The van der Waals surface area contributed by atoms with Crippen LogP contribution in [0.5, 0.6) is 5.75 Å². The number of fused-ring (bicyclic) bond motifs is 1. The number of carbonyl (C=O) groups is 1. The molecule has 0 aliphatic heterocycles. The van der Waals surface area contributed by atoms with E-state index in [0.717, 1.165) is 27.3 Å². The Morgan fingerprint density at radius 3 is 2.50 bits per heavy atom. The molecule has 150 valence electrons. The van der Waals surface area contributed by atoms with Crippen molar-refractivity contribution in [2.24, 2.45) is 0 Å². The summed E-state index contributed by atoms with van der Waals surface area (Å²) >= 11 is 1.41. The van der Waals surface area contributed by atoms with E-state index in [-0.39, 0.29) is 11.7 Å². The number of amides is 1. The number of thioether (sulfide) groups is 1. The first kappa shape index (κ1) is 19.9. The third-order valence-corrected chi connectivity index (χ3v) is 5.53. The lowest BCUT2D eigenvalue weighted by atomic mass is 10.1. The van der Waals surface area contributed by atoms with Gasteiger partial charge < -0.3 is 10.1 Å². The minimum Gasteiger partial charge on any atom is -0.495 e. The Morgan fingerprint density at radius 1 is 0.933 bits per heavy atom. The molecule has 1 amide bonds. The normalized spacial score (nSPS) is 10.7. The van der Waals surface area contributed by atoms with Crippen LogP contribution in [-0.4, -0.2) is 28.7 Å². The van der Waals surface area contributed by atoms with Gasteiger partial charge in [0.05, 0.1) is 24.1 Å². The van der Waals surface area contributed by atoms with Crippen molar-refractivity contribution < 1.29 is 9.53 Å². The van der Waals surface area contributed by atoms with Gasteiger partial charge >= 0.3 is 0 Å². The summed E-state index contributed by atoms with van der Waals surface area (Å²) in [6.07, 6.45) is 0.645. The number of anilines is 1. The molecule has 0 unspecified atom stereocenters. The van der Waals surface area contributed by atoms with Gasteiger partial charge in [0.1, 0.15) is 16.6 Å². The van der Waals surface area contributed by atoms with E-state index in [1.165, 1.54) is 11.8 Å². The predicted octanol–water partition coefficient (Wildman–Crippen LogP) is 4.96. The molecule has 30 heavy (non-hydrogen) atoms. The van der Waals surface area contributed by atoms with Crippen molar-refractivity contribution in [3.63, 3.8) is 0 Å². The molecule has 0 aliphatic rings. The summed E-state index contributed by atoms with van der Waals surface area (Å²) in [6, 6.07) is 25.4. The van der Waals surface area contributed by atoms with Crippen molar-refractivity contribution in [2.75, 3.05) is 18.2 Å². The Kier molecular flexibility index (Phi) is 6.25. The van der Waals surface area contributed by atoms with E-state index < -0.39 is 0 Å². The van der Waals surface area contributed by atoms with Crippen LogP contribution >= 0.6 is 11.8 Å². The lowest BCUT2D eigenvalue weighted by Crippen LogP contribution is -2.15. The van der Waals surface area contributed by atoms with Gasteiger partial charge in [-0.1, -0.05) is 72.4 Å². The van der Waals surface area contributed by atoms with Gasteiger partial charge in [0.15, 0.2) is 0 Å². The number of nitrogens with zero attached hydrogens (tertiary/aromatic N) is 2. The van der Waals surface area contributed by atoms with Crippen LogP contribution in [0.2, 0.25) is 0 Å². The smallest absolute Gasteiger partial charge is 0.234 e. The molecule has 4 aromatic rings. The summed E-state index contributed by atoms with van der Waals surface area (Å²) in [4.78, 5) is 22.0. The number of carbonyl (C=O) groups excluding carboxylic acids is 1. The second kappa shape index (κ2) is 9.41. The highest BCUT2D eigenvalue weighted by atomic mass is 32.2. The Morgan fingerprint density at radius 2 is 1.67 bits per heavy atom. The van der Waals surface area contributed by atoms with Gasteiger partial charge in [0, 0.05) is 11.8 Å². The molecular formula is C24H21N3O2S. The molecule has 0 aliphatic carbocycles. The molecule has 0 saturated carbocycles. The highest BCUT2D eigenvalue weighted by Crippen LogP contribution is 2.27. The van der Waals surface area contributed by atoms with Crippen LogP contribution < -0.4 is 10.1 Å². The zero-order chi connectivity index (χ0) is 20.8. The van der Waals surface area contributed by atoms with E-state index >= 15 is 0 Å². The highest BCUT2D eigenvalue weighted by molar-refractivity contribution is 8.00. The van der Waals surface area contributed by atoms with Crippen molar-refractivity contribution in [3.8, 4) is 5.75 Å². The minimum atomic E-state index is -0.114. The SMILES string of the molecule is COc1ccccc1NC(=O)CSc1nc(Cc2ccccc2)nc2ccccc12. The first-order chi connectivity index (χ1) is 14.7. The molecule has 0 bridgehead atoms. The zero-order valence-corrected chi connectivity index (χ0v) is 17.4. The molecule has 5 nitrogen and oxygen atoms in total. The number of hydrogen-bond acceptors (Lipinski definition) is 5. The van der Waals surface area contributed by atoms with Gasteiger partial charge in [-0.2, -0.15) is 0 Å². The van der Waals surface area contributed by atoms with E-state index in [4.69, 9.17) is 14.7 Å². The van der Waals surface area contributed by atoms with Crippen LogP contribution in [0.4, 0.5) is 5.69 Å². The molecule has 3 aromatic carbocycles. The first-order valence-electron chi connectivity index (χ1n) is 9.58. The van der Waals surface area contributed by atoms with Crippen molar-refractivity contribution in [3.05, 3.63) is 90.3 Å². The van der Waals surface area contributed by atoms with Crippen LogP contribution in [0.1, 0.15) is 11.4 Å². The number of rotatable bonds is 7. The molecule has 1 N–H and O–H groups in total. The van der Waals surface area contributed by atoms with Gasteiger partial charge in [0.2, 0.25) is 5.91 Å². The lowest BCUT2D eigenvalue weighted by molar-refractivity contribution is -0.113. The number of aromatic nitrogens is 2. The third kappa shape index (κ3) is 4.78. The third-order valence-electron chi connectivity index (χ3n) is 4.54. The van der Waals surface area contributed by atoms with Crippen molar-refractivity contribution in [2.45, 2.75) is 11.4 Å². The van der Waals surface area contributed by atoms with Crippen molar-refractivity contribution >= 4 is 34.3 Å². The number of methoxy groups -OCH3 is 1. The average Bonchev–Trinajstić information content (AvgIpc) is 2.78. The van der Waals surface area contributed by atoms with Gasteiger partial charge in [-0.15, -0.1) is 0 Å². The largest absolute Gasteiger partial charge is 0.495 e. The molecule has 6 heteroatoms. The van der Waals surface area contributed by atoms with Crippen LogP contribution in [0.3, 0.4) is 0 Å². The quantitative estimate of drug-likeness (QED) is 0.341. The summed E-state index contributed by atoms with van der Waals surface area (Å²) in [7, 11) is 1.58. The average molecular weight is 416 g/mol. The summed E-state index contributed by atoms with van der Waals surface area (Å²) in [6.45, 7) is 0. The second-order valence-electron chi connectivity index (χ2n) is 6.66. The maximum absolute atomic E-state index is 12.5. The lowest BCUT2D eigenvalue weighted by Gasteiger charge is -2.11. The standard InChI is InChI=1S/C24H21N3O2S/c1-29-21-14-8-7-13-20(21)26-23(28)16-30-24-18-11-5-6-12-19(18)25-22(27-24)15-17-9-3-2-4-10-17/h2-14H,15-16H2,1H3,(H,26,28). The number of benzene rings is 3. The predicted molar refractivity (Wildman–Crippen MR) is 121 cm³/mol. The van der Waals surface area contributed by atoms with E-state index in [0.29, 0.717) is 17.9 Å². The van der Waals surface area contributed by atoms with Crippen molar-refractivity contribution in [1.29, 1.82) is 0 Å². The number of ether oxygens (including phenoxy) is 1. The van der Waals surface area contributed by atoms with E-state index in [1.54, 1.807) is 7.11 Å². The van der Waals surface area contributed by atoms with E-state index in [2.05, 4.69) is 17.4 Å². The van der Waals surface area contributed by atoms with Crippen LogP contribution in [0.15, 0.2) is 83.9 Å². The zero-order valence-electron chi connectivity index (χ0n) is 16.5. The van der Waals surface area contributed by atoms with Gasteiger partial charge in [0.25, 0.3) is 0 Å². The van der Waals surface area contributed by atoms with Crippen LogP contribution in [0, 0.1) is 0 Å². The Labute approximate surface area is 179 Å². The molecule has 0 radical (unpaired) electrons. The number of para-hydroxylation sites is 3. The fourth-order valence-electron chi connectivity index (χ4n) is 3.13. The van der Waals surface area contributed by atoms with Crippen LogP contribution in [-0.2, 0) is 11.2 Å². The number of nitrogens with one attached hydrogen (secondary N) is 1. The summed E-state index contributed by atoms with van der Waals surface area (Å²) < 4.78 is 5.30. The number of hydrogen-bond donors (Lipinski definition) is 1. The molecule has 1 aromatic heterocycles. The van der Waals surface area contributed by atoms with E-state index in [9.17, 15) is 4.79 Å². The van der Waals surface area contributed by atoms with Gasteiger partial charge in [-0.3, -0.25) is 4.79 Å². The fourth-order valence-corrected chi connectivity index (χ4v) is 3.97. The first-order valence-corrected chi connectivity index (χ1v) is 10.6. The molecule has 4 rings (SSSR count).